The standard InChI is InChI=1S/C13H18N2S/c1-10(2)7-12(14)8-11-3-5-13(6-4-11)15-9-16/h3-6,10,12H,7-8,14H2,1-2H3. The Kier molecular flexibility index (Phi) is 5.33. The third-order valence-electron chi connectivity index (χ3n) is 2.38. The van der Waals surface area contributed by atoms with Crippen molar-refractivity contribution in [3.8, 4) is 0 Å². The third-order valence-corrected chi connectivity index (χ3v) is 2.47. The molecular weight excluding hydrogens is 216 g/mol. The van der Waals surface area contributed by atoms with Crippen LogP contribution in [0.4, 0.5) is 5.69 Å². The second-order valence-electron chi connectivity index (χ2n) is 4.46. The fourth-order valence-electron chi connectivity index (χ4n) is 1.75. The van der Waals surface area contributed by atoms with Crippen molar-refractivity contribution in [2.24, 2.45) is 16.6 Å². The van der Waals surface area contributed by atoms with Crippen LogP contribution in [-0.4, -0.2) is 11.2 Å². The lowest BCUT2D eigenvalue weighted by Crippen LogP contribution is -2.24. The minimum absolute atomic E-state index is 0.236. The van der Waals surface area contributed by atoms with Gasteiger partial charge in [0, 0.05) is 6.04 Å². The van der Waals surface area contributed by atoms with E-state index < -0.39 is 0 Å². The van der Waals surface area contributed by atoms with Gasteiger partial charge in [0.2, 0.25) is 0 Å². The second-order valence-corrected chi connectivity index (χ2v) is 4.65. The van der Waals surface area contributed by atoms with Gasteiger partial charge in [0.15, 0.2) is 0 Å². The SMILES string of the molecule is CC(C)CC(N)Cc1ccc(N=C=S)cc1. The largest absolute Gasteiger partial charge is 0.327 e. The monoisotopic (exact) mass is 234 g/mol. The van der Waals surface area contributed by atoms with E-state index in [-0.39, 0.29) is 6.04 Å². The normalized spacial score (nSPS) is 12.2. The van der Waals surface area contributed by atoms with Crippen molar-refractivity contribution in [2.45, 2.75) is 32.7 Å². The number of hydrogen-bond acceptors (Lipinski definition) is 3. The number of isothiocyanates is 1. The van der Waals surface area contributed by atoms with Crippen LogP contribution in [-0.2, 0) is 6.42 Å². The Hall–Kier alpha value is -1.02. The minimum Gasteiger partial charge on any atom is -0.327 e. The first-order valence-electron chi connectivity index (χ1n) is 5.54. The first-order chi connectivity index (χ1) is 7.61. The molecular formula is C13H18N2S. The fraction of sp³-hybridized carbons (Fsp3) is 0.462. The van der Waals surface area contributed by atoms with E-state index in [1.165, 1.54) is 5.56 Å². The molecule has 1 aromatic carbocycles. The maximum Gasteiger partial charge on any atom is 0.0739 e. The van der Waals surface area contributed by atoms with Crippen LogP contribution in [0.2, 0.25) is 0 Å². The summed E-state index contributed by atoms with van der Waals surface area (Å²) in [6.07, 6.45) is 1.97. The fourth-order valence-corrected chi connectivity index (χ4v) is 1.86. The molecule has 3 heteroatoms. The maximum atomic E-state index is 6.05. The van der Waals surface area contributed by atoms with Crippen LogP contribution < -0.4 is 5.73 Å². The summed E-state index contributed by atoms with van der Waals surface area (Å²) in [5, 5.41) is 2.35. The zero-order valence-electron chi connectivity index (χ0n) is 9.81. The molecule has 0 spiro atoms. The zero-order chi connectivity index (χ0) is 12.0. The van der Waals surface area contributed by atoms with E-state index in [0.717, 1.165) is 18.5 Å². The van der Waals surface area contributed by atoms with Gasteiger partial charge in [-0.3, -0.25) is 0 Å². The van der Waals surface area contributed by atoms with Crippen molar-refractivity contribution < 1.29 is 0 Å². The van der Waals surface area contributed by atoms with Crippen LogP contribution in [0, 0.1) is 5.92 Å². The van der Waals surface area contributed by atoms with Gasteiger partial charge in [-0.15, -0.1) is 0 Å². The number of rotatable bonds is 5. The van der Waals surface area contributed by atoms with Crippen molar-refractivity contribution in [2.75, 3.05) is 0 Å². The highest BCUT2D eigenvalue weighted by Crippen LogP contribution is 2.14. The lowest BCUT2D eigenvalue weighted by molar-refractivity contribution is 0.493. The van der Waals surface area contributed by atoms with E-state index in [4.69, 9.17) is 5.73 Å². The Morgan fingerprint density at radius 2 is 1.94 bits per heavy atom. The van der Waals surface area contributed by atoms with Crippen LogP contribution in [0.5, 0.6) is 0 Å². The second kappa shape index (κ2) is 6.54. The van der Waals surface area contributed by atoms with Crippen LogP contribution in [0.1, 0.15) is 25.8 Å². The molecule has 16 heavy (non-hydrogen) atoms. The highest BCUT2D eigenvalue weighted by molar-refractivity contribution is 7.78. The van der Waals surface area contributed by atoms with Gasteiger partial charge in [-0.05, 0) is 48.7 Å². The Labute approximate surface area is 103 Å². The van der Waals surface area contributed by atoms with Gasteiger partial charge in [-0.1, -0.05) is 26.0 Å². The lowest BCUT2D eigenvalue weighted by atomic mass is 9.98. The summed E-state index contributed by atoms with van der Waals surface area (Å²) >= 11 is 4.55. The van der Waals surface area contributed by atoms with Crippen LogP contribution in [0.15, 0.2) is 29.3 Å². The smallest absolute Gasteiger partial charge is 0.0739 e. The number of benzene rings is 1. The molecule has 1 rings (SSSR count). The molecule has 0 aliphatic carbocycles. The topological polar surface area (TPSA) is 38.4 Å². The van der Waals surface area contributed by atoms with E-state index in [2.05, 4.69) is 36.2 Å². The first kappa shape index (κ1) is 13.0. The van der Waals surface area contributed by atoms with Gasteiger partial charge in [-0.25, -0.2) is 0 Å². The summed E-state index contributed by atoms with van der Waals surface area (Å²) in [7, 11) is 0. The van der Waals surface area contributed by atoms with Gasteiger partial charge in [-0.2, -0.15) is 4.99 Å². The van der Waals surface area contributed by atoms with Crippen molar-refractivity contribution in [3.63, 3.8) is 0 Å². The summed E-state index contributed by atoms with van der Waals surface area (Å²) in [4.78, 5) is 3.91. The molecule has 2 N–H and O–H groups in total. The molecule has 0 amide bonds. The van der Waals surface area contributed by atoms with Gasteiger partial charge >= 0.3 is 0 Å². The molecule has 0 aliphatic heterocycles. The zero-order valence-corrected chi connectivity index (χ0v) is 10.6. The molecule has 0 aliphatic rings. The Morgan fingerprint density at radius 3 is 2.44 bits per heavy atom. The van der Waals surface area contributed by atoms with E-state index in [0.29, 0.717) is 5.92 Å². The number of nitrogens with zero attached hydrogens (tertiary/aromatic N) is 1. The lowest BCUT2D eigenvalue weighted by Gasteiger charge is -2.13. The van der Waals surface area contributed by atoms with Crippen molar-refractivity contribution >= 4 is 23.1 Å². The highest BCUT2D eigenvalue weighted by Gasteiger charge is 2.06. The van der Waals surface area contributed by atoms with Crippen LogP contribution in [0.25, 0.3) is 0 Å². The molecule has 0 bridgehead atoms. The molecule has 1 unspecified atom stereocenters. The average molecular weight is 234 g/mol. The maximum absolute atomic E-state index is 6.05. The van der Waals surface area contributed by atoms with E-state index in [9.17, 15) is 0 Å². The molecule has 0 fully saturated rings. The predicted molar refractivity (Wildman–Crippen MR) is 72.3 cm³/mol. The van der Waals surface area contributed by atoms with Crippen molar-refractivity contribution in [1.29, 1.82) is 0 Å². The Bertz CT molecular complexity index is 364. The summed E-state index contributed by atoms with van der Waals surface area (Å²) in [6, 6.07) is 8.21. The number of aliphatic imine (C=N–C) groups is 1. The van der Waals surface area contributed by atoms with Crippen molar-refractivity contribution in [3.05, 3.63) is 29.8 Å². The van der Waals surface area contributed by atoms with Crippen LogP contribution >= 0.6 is 12.2 Å². The van der Waals surface area contributed by atoms with Crippen molar-refractivity contribution in [1.82, 2.24) is 0 Å². The summed E-state index contributed by atoms with van der Waals surface area (Å²) in [5.41, 5.74) is 8.14. The molecule has 1 aromatic rings. The molecule has 0 radical (unpaired) electrons. The molecule has 86 valence electrons. The Morgan fingerprint density at radius 1 is 1.31 bits per heavy atom. The molecule has 2 nitrogen and oxygen atoms in total. The molecule has 1 atom stereocenters. The third kappa shape index (κ3) is 4.67. The number of hydrogen-bond donors (Lipinski definition) is 1. The number of thiocarbonyl (C=S) groups is 1. The van der Waals surface area contributed by atoms with Gasteiger partial charge in [0.25, 0.3) is 0 Å². The molecule has 0 saturated heterocycles. The van der Waals surface area contributed by atoms with Gasteiger partial charge < -0.3 is 5.73 Å². The van der Waals surface area contributed by atoms with E-state index >= 15 is 0 Å². The summed E-state index contributed by atoms with van der Waals surface area (Å²) in [5.74, 6) is 0.647. The summed E-state index contributed by atoms with van der Waals surface area (Å²) < 4.78 is 0. The van der Waals surface area contributed by atoms with Crippen LogP contribution in [0.3, 0.4) is 0 Å². The molecule has 0 heterocycles. The van der Waals surface area contributed by atoms with E-state index in [1.54, 1.807) is 0 Å². The Balaban J connectivity index is 2.57. The predicted octanol–water partition coefficient (Wildman–Crippen LogP) is 3.34. The average Bonchev–Trinajstić information content (AvgIpc) is 2.20. The quantitative estimate of drug-likeness (QED) is 0.627. The molecule has 0 saturated carbocycles. The molecule has 0 aromatic heterocycles. The number of nitrogens with two attached hydrogens (primary N) is 1. The minimum atomic E-state index is 0.236. The first-order valence-corrected chi connectivity index (χ1v) is 5.95. The highest BCUT2D eigenvalue weighted by atomic mass is 32.1. The summed E-state index contributed by atoms with van der Waals surface area (Å²) in [6.45, 7) is 4.38. The van der Waals surface area contributed by atoms with Gasteiger partial charge in [0.05, 0.1) is 10.8 Å². The van der Waals surface area contributed by atoms with Gasteiger partial charge in [0.1, 0.15) is 0 Å². The van der Waals surface area contributed by atoms with E-state index in [1.807, 2.05) is 24.3 Å².